The van der Waals surface area contributed by atoms with Crippen LogP contribution in [0.1, 0.15) is 11.6 Å². The van der Waals surface area contributed by atoms with E-state index < -0.39 is 0 Å². The van der Waals surface area contributed by atoms with Crippen LogP contribution in [-0.4, -0.2) is 25.4 Å². The SMILES string of the molecule is C[NH2+][C@@H]1c2c(ccc3ccccc23)OC[C@@H]1CO. The molecule has 18 heavy (non-hydrogen) atoms. The van der Waals surface area contributed by atoms with Gasteiger partial charge in [-0.05, 0) is 16.8 Å². The largest absolute Gasteiger partial charge is 0.492 e. The van der Waals surface area contributed by atoms with Crippen molar-refractivity contribution in [2.75, 3.05) is 20.3 Å². The van der Waals surface area contributed by atoms with Gasteiger partial charge < -0.3 is 15.2 Å². The Morgan fingerprint density at radius 3 is 2.89 bits per heavy atom. The molecule has 0 saturated heterocycles. The van der Waals surface area contributed by atoms with Crippen molar-refractivity contribution in [2.45, 2.75) is 6.04 Å². The number of benzene rings is 2. The molecule has 0 spiro atoms. The van der Waals surface area contributed by atoms with E-state index in [1.807, 2.05) is 12.1 Å². The van der Waals surface area contributed by atoms with Crippen molar-refractivity contribution in [3.05, 3.63) is 42.0 Å². The van der Waals surface area contributed by atoms with Gasteiger partial charge in [-0.1, -0.05) is 30.3 Å². The van der Waals surface area contributed by atoms with Crippen LogP contribution in [0.2, 0.25) is 0 Å². The summed E-state index contributed by atoms with van der Waals surface area (Å²) in [6, 6.07) is 12.8. The Balaban J connectivity index is 2.23. The molecule has 0 unspecified atom stereocenters. The minimum Gasteiger partial charge on any atom is -0.492 e. The van der Waals surface area contributed by atoms with Crippen molar-refractivity contribution < 1.29 is 15.2 Å². The fourth-order valence-electron chi connectivity index (χ4n) is 2.89. The van der Waals surface area contributed by atoms with Crippen molar-refractivity contribution >= 4 is 10.8 Å². The van der Waals surface area contributed by atoms with Crippen LogP contribution in [0.15, 0.2) is 36.4 Å². The van der Waals surface area contributed by atoms with E-state index in [0.29, 0.717) is 6.61 Å². The van der Waals surface area contributed by atoms with E-state index >= 15 is 0 Å². The van der Waals surface area contributed by atoms with Crippen LogP contribution in [0.25, 0.3) is 10.8 Å². The van der Waals surface area contributed by atoms with Gasteiger partial charge in [-0.2, -0.15) is 0 Å². The predicted molar refractivity (Wildman–Crippen MR) is 70.6 cm³/mol. The van der Waals surface area contributed by atoms with E-state index in [4.69, 9.17) is 4.74 Å². The lowest BCUT2D eigenvalue weighted by atomic mass is 9.88. The van der Waals surface area contributed by atoms with Crippen molar-refractivity contribution in [1.29, 1.82) is 0 Å². The molecule has 1 heterocycles. The van der Waals surface area contributed by atoms with Gasteiger partial charge in [0.15, 0.2) is 0 Å². The Bertz CT molecular complexity index is 567. The number of fused-ring (bicyclic) bond motifs is 3. The van der Waals surface area contributed by atoms with E-state index in [0.717, 1.165) is 5.75 Å². The summed E-state index contributed by atoms with van der Waals surface area (Å²) >= 11 is 0. The summed E-state index contributed by atoms with van der Waals surface area (Å²) in [5.74, 6) is 1.12. The fraction of sp³-hybridized carbons (Fsp3) is 0.333. The van der Waals surface area contributed by atoms with Gasteiger partial charge in [0.1, 0.15) is 11.8 Å². The second kappa shape index (κ2) is 4.59. The maximum Gasteiger partial charge on any atom is 0.129 e. The molecule has 0 aromatic heterocycles. The molecular weight excluding hydrogens is 226 g/mol. The summed E-state index contributed by atoms with van der Waals surface area (Å²) in [5.41, 5.74) is 1.22. The number of quaternary nitrogens is 1. The Morgan fingerprint density at radius 1 is 1.28 bits per heavy atom. The van der Waals surface area contributed by atoms with Gasteiger partial charge in [0, 0.05) is 0 Å². The normalized spacial score (nSPS) is 22.6. The average Bonchev–Trinajstić information content (AvgIpc) is 2.45. The number of ether oxygens (including phenoxy) is 1. The van der Waals surface area contributed by atoms with Gasteiger partial charge in [-0.25, -0.2) is 0 Å². The predicted octanol–water partition coefficient (Wildman–Crippen LogP) is 1.07. The van der Waals surface area contributed by atoms with Crippen LogP contribution in [0.3, 0.4) is 0 Å². The molecule has 2 aromatic rings. The molecule has 0 radical (unpaired) electrons. The molecule has 0 amide bonds. The Morgan fingerprint density at radius 2 is 2.11 bits per heavy atom. The highest BCUT2D eigenvalue weighted by Crippen LogP contribution is 2.38. The molecule has 2 atom stereocenters. The molecule has 1 aliphatic rings. The highest BCUT2D eigenvalue weighted by molar-refractivity contribution is 5.88. The van der Waals surface area contributed by atoms with E-state index in [2.05, 4.69) is 36.6 Å². The van der Waals surface area contributed by atoms with Crippen LogP contribution >= 0.6 is 0 Å². The molecule has 94 valence electrons. The molecular formula is C15H18NO2+. The highest BCUT2D eigenvalue weighted by Gasteiger charge is 2.33. The number of nitrogens with two attached hydrogens (primary N) is 1. The standard InChI is InChI=1S/C15H17NO2/c1-16-15-11(8-17)9-18-13-7-6-10-4-2-3-5-12(10)14(13)15/h2-7,11,15-17H,8-9H2,1H3/p+1/t11-,15-/m0/s1. The lowest BCUT2D eigenvalue weighted by Gasteiger charge is -2.30. The van der Waals surface area contributed by atoms with Crippen LogP contribution in [-0.2, 0) is 0 Å². The quantitative estimate of drug-likeness (QED) is 0.830. The summed E-state index contributed by atoms with van der Waals surface area (Å²) in [5, 5.41) is 14.1. The van der Waals surface area contributed by atoms with Gasteiger partial charge in [0.2, 0.25) is 0 Å². The first-order valence-corrected chi connectivity index (χ1v) is 6.40. The maximum atomic E-state index is 9.49. The minimum atomic E-state index is 0.160. The molecule has 3 N–H and O–H groups in total. The van der Waals surface area contributed by atoms with E-state index in [9.17, 15) is 5.11 Å². The second-order valence-electron chi connectivity index (χ2n) is 4.81. The number of rotatable bonds is 2. The molecule has 2 aromatic carbocycles. The van der Waals surface area contributed by atoms with Gasteiger partial charge >= 0.3 is 0 Å². The Labute approximate surface area is 106 Å². The van der Waals surface area contributed by atoms with Crippen molar-refractivity contribution in [3.8, 4) is 5.75 Å². The first-order chi connectivity index (χ1) is 8.85. The zero-order valence-corrected chi connectivity index (χ0v) is 10.5. The van der Waals surface area contributed by atoms with Crippen LogP contribution in [0, 0.1) is 5.92 Å². The van der Waals surface area contributed by atoms with E-state index in [1.165, 1.54) is 16.3 Å². The zero-order chi connectivity index (χ0) is 12.5. The molecule has 3 nitrogen and oxygen atoms in total. The zero-order valence-electron chi connectivity index (χ0n) is 10.5. The van der Waals surface area contributed by atoms with Crippen molar-refractivity contribution in [2.24, 2.45) is 5.92 Å². The van der Waals surface area contributed by atoms with Crippen LogP contribution in [0.4, 0.5) is 0 Å². The summed E-state index contributed by atoms with van der Waals surface area (Å²) in [7, 11) is 2.06. The summed E-state index contributed by atoms with van der Waals surface area (Å²) in [4.78, 5) is 0. The van der Waals surface area contributed by atoms with Gasteiger partial charge in [-0.3, -0.25) is 0 Å². The fourth-order valence-corrected chi connectivity index (χ4v) is 2.89. The van der Waals surface area contributed by atoms with Crippen molar-refractivity contribution in [3.63, 3.8) is 0 Å². The molecule has 3 rings (SSSR count). The lowest BCUT2D eigenvalue weighted by Crippen LogP contribution is -2.83. The molecule has 3 heteroatoms. The molecule has 0 fully saturated rings. The first kappa shape index (κ1) is 11.5. The molecule has 0 aliphatic carbocycles. The molecule has 0 saturated carbocycles. The average molecular weight is 244 g/mol. The summed E-state index contributed by atoms with van der Waals surface area (Å²) in [6.45, 7) is 0.758. The number of hydrogen-bond donors (Lipinski definition) is 2. The lowest BCUT2D eigenvalue weighted by molar-refractivity contribution is -0.679. The summed E-state index contributed by atoms with van der Waals surface area (Å²) < 4.78 is 5.79. The maximum absolute atomic E-state index is 9.49. The topological polar surface area (TPSA) is 46.1 Å². The highest BCUT2D eigenvalue weighted by atomic mass is 16.5. The second-order valence-corrected chi connectivity index (χ2v) is 4.81. The third-order valence-corrected chi connectivity index (χ3v) is 3.82. The smallest absolute Gasteiger partial charge is 0.129 e. The van der Waals surface area contributed by atoms with Crippen LogP contribution in [0.5, 0.6) is 5.75 Å². The number of hydrogen-bond acceptors (Lipinski definition) is 2. The number of aliphatic hydroxyl groups excluding tert-OH is 1. The van der Waals surface area contributed by atoms with E-state index in [1.54, 1.807) is 0 Å². The van der Waals surface area contributed by atoms with Gasteiger partial charge in [0.25, 0.3) is 0 Å². The number of aliphatic hydroxyl groups is 1. The Kier molecular flexibility index (Phi) is 2.94. The van der Waals surface area contributed by atoms with Crippen molar-refractivity contribution in [1.82, 2.24) is 0 Å². The van der Waals surface area contributed by atoms with E-state index in [-0.39, 0.29) is 18.6 Å². The summed E-state index contributed by atoms with van der Waals surface area (Å²) in [6.07, 6.45) is 0. The first-order valence-electron chi connectivity index (χ1n) is 6.40. The molecule has 1 aliphatic heterocycles. The minimum absolute atomic E-state index is 0.160. The molecule has 0 bridgehead atoms. The van der Waals surface area contributed by atoms with Gasteiger partial charge in [-0.15, -0.1) is 0 Å². The Hall–Kier alpha value is -1.58. The monoisotopic (exact) mass is 244 g/mol. The van der Waals surface area contributed by atoms with Gasteiger partial charge in [0.05, 0.1) is 31.7 Å². The third kappa shape index (κ3) is 1.67. The van der Waals surface area contributed by atoms with Crippen LogP contribution < -0.4 is 10.1 Å². The third-order valence-electron chi connectivity index (χ3n) is 3.82.